The molecule has 0 aliphatic heterocycles. The minimum absolute atomic E-state index is 0.00118. The summed E-state index contributed by atoms with van der Waals surface area (Å²) in [5.74, 6) is -0.653. The molecule has 1 aromatic carbocycles. The maximum Gasteiger partial charge on any atom is 0.234 e. The Labute approximate surface area is 175 Å². The number of hydrogen-bond acceptors (Lipinski definition) is 10. The van der Waals surface area contributed by atoms with Gasteiger partial charge in [0, 0.05) is 6.54 Å². The molecule has 15 heteroatoms. The van der Waals surface area contributed by atoms with Crippen molar-refractivity contribution < 1.29 is 26.9 Å². The fourth-order valence-corrected chi connectivity index (χ4v) is 5.20. The summed E-state index contributed by atoms with van der Waals surface area (Å²) in [6, 6.07) is 3.95. The fourth-order valence-electron chi connectivity index (χ4n) is 2.11. The van der Waals surface area contributed by atoms with Crippen LogP contribution >= 0.6 is 15.9 Å². The molecule has 1 aromatic heterocycles. The van der Waals surface area contributed by atoms with E-state index < -0.39 is 31.7 Å². The van der Waals surface area contributed by atoms with Crippen molar-refractivity contribution in [2.24, 2.45) is 8.76 Å². The molecule has 1 heterocycles. The van der Waals surface area contributed by atoms with Crippen LogP contribution < -0.4 is 10.8 Å². The summed E-state index contributed by atoms with van der Waals surface area (Å²) < 4.78 is 56.8. The third-order valence-corrected chi connectivity index (χ3v) is 7.64. The Kier molecular flexibility index (Phi) is 6.81. The molecule has 1 fully saturated rings. The van der Waals surface area contributed by atoms with Gasteiger partial charge in [-0.2, -0.15) is 10.6 Å². The van der Waals surface area contributed by atoms with Gasteiger partial charge >= 0.3 is 0 Å². The first-order valence-electron chi connectivity index (χ1n) is 8.16. The fraction of sp³-hybridized carbons (Fsp3) is 0.357. The van der Waals surface area contributed by atoms with Crippen LogP contribution in [0.15, 0.2) is 36.1 Å². The van der Waals surface area contributed by atoms with Crippen LogP contribution in [-0.2, 0) is 24.8 Å². The summed E-state index contributed by atoms with van der Waals surface area (Å²) in [5.41, 5.74) is 2.16. The number of anilines is 1. The molecule has 11 nitrogen and oxygen atoms in total. The van der Waals surface area contributed by atoms with Crippen molar-refractivity contribution in [2.75, 3.05) is 17.6 Å². The average Bonchev–Trinajstić information content (AvgIpc) is 3.43. The van der Waals surface area contributed by atoms with Crippen molar-refractivity contribution >= 4 is 53.9 Å². The lowest BCUT2D eigenvalue weighted by Crippen LogP contribution is -2.22. The van der Waals surface area contributed by atoms with Gasteiger partial charge in [0.2, 0.25) is 15.8 Å². The van der Waals surface area contributed by atoms with Gasteiger partial charge in [-0.25, -0.2) is 22.4 Å². The van der Waals surface area contributed by atoms with Crippen LogP contribution in [0.3, 0.4) is 0 Å². The van der Waals surface area contributed by atoms with E-state index in [-0.39, 0.29) is 34.1 Å². The highest BCUT2D eigenvalue weighted by molar-refractivity contribution is 9.10. The third kappa shape index (κ3) is 5.71. The van der Waals surface area contributed by atoms with Gasteiger partial charge < -0.3 is 9.53 Å². The molecule has 0 spiro atoms. The van der Waals surface area contributed by atoms with Crippen LogP contribution in [0.2, 0.25) is 0 Å². The minimum atomic E-state index is -3.68. The Bertz CT molecular complexity index is 1110. The summed E-state index contributed by atoms with van der Waals surface area (Å²) in [5, 5.41) is 18.9. The quantitative estimate of drug-likeness (QED) is 0.209. The molecule has 3 rings (SSSR count). The molecule has 0 bridgehead atoms. The van der Waals surface area contributed by atoms with E-state index in [4.69, 9.17) is 0 Å². The number of nitrogens with zero attached hydrogens (tertiary/aromatic N) is 4. The van der Waals surface area contributed by atoms with Crippen LogP contribution in [0.5, 0.6) is 0 Å². The second kappa shape index (κ2) is 9.15. The zero-order valence-corrected chi connectivity index (χ0v) is 17.8. The Morgan fingerprint density at radius 1 is 1.41 bits per heavy atom. The van der Waals surface area contributed by atoms with Gasteiger partial charge in [-0.3, -0.25) is 14.5 Å². The molecule has 1 aliphatic rings. The second-order valence-corrected chi connectivity index (χ2v) is 10.1. The van der Waals surface area contributed by atoms with E-state index in [0.717, 1.165) is 0 Å². The molecule has 0 atom stereocenters. The van der Waals surface area contributed by atoms with Crippen LogP contribution in [0, 0.1) is 5.82 Å². The highest BCUT2D eigenvalue weighted by Crippen LogP contribution is 2.29. The number of hydrogen-bond donors (Lipinski definition) is 3. The number of benzene rings is 1. The van der Waals surface area contributed by atoms with E-state index in [1.807, 2.05) is 5.48 Å². The smallest absolute Gasteiger partial charge is 0.234 e. The van der Waals surface area contributed by atoms with Gasteiger partial charge in [0.25, 0.3) is 0 Å². The Balaban J connectivity index is 1.69. The predicted octanol–water partition coefficient (Wildman–Crippen LogP) is 2.08. The Morgan fingerprint density at radius 3 is 2.83 bits per heavy atom. The zero-order chi connectivity index (χ0) is 21.0. The van der Waals surface area contributed by atoms with E-state index in [2.05, 4.69) is 44.9 Å². The molecule has 29 heavy (non-hydrogen) atoms. The number of hydroxylamine groups is 1. The van der Waals surface area contributed by atoms with Gasteiger partial charge in [0.1, 0.15) is 5.82 Å². The maximum atomic E-state index is 13.3. The van der Waals surface area contributed by atoms with Crippen molar-refractivity contribution in [1.29, 1.82) is 0 Å². The molecule has 0 radical (unpaired) electrons. The highest BCUT2D eigenvalue weighted by atomic mass is 79.9. The number of aromatic nitrogens is 2. The molecule has 1 aliphatic carbocycles. The number of rotatable bonds is 8. The molecule has 0 saturated heterocycles. The van der Waals surface area contributed by atoms with E-state index in [1.165, 1.54) is 18.2 Å². The number of nitrogens with one attached hydrogen (secondary N) is 2. The first kappa shape index (κ1) is 21.6. The molecule has 0 unspecified atom stereocenters. The lowest BCUT2D eigenvalue weighted by atomic mass is 10.3. The maximum absolute atomic E-state index is 13.3. The zero-order valence-electron chi connectivity index (χ0n) is 14.6. The Hall–Kier alpha value is -2.10. The topological polar surface area (TPSA) is 159 Å². The molecular formula is C14H15BrFN6O5S2-. The molecule has 158 valence electrons. The number of sulfonamides is 1. The minimum Gasteiger partial charge on any atom is -0.443 e. The molecule has 3 N–H and O–H groups in total. The average molecular weight is 510 g/mol. The van der Waals surface area contributed by atoms with Gasteiger partial charge in [-0.05, 0) is 57.3 Å². The summed E-state index contributed by atoms with van der Waals surface area (Å²) in [6.45, 7) is 0.0400. The normalized spacial score (nSPS) is 16.0. The van der Waals surface area contributed by atoms with E-state index in [0.29, 0.717) is 18.5 Å². The number of halogens is 2. The first-order chi connectivity index (χ1) is 13.8. The van der Waals surface area contributed by atoms with Gasteiger partial charge in [-0.15, -0.1) is 0 Å². The van der Waals surface area contributed by atoms with Crippen LogP contribution in [0.25, 0.3) is 0 Å². The van der Waals surface area contributed by atoms with Gasteiger partial charge in [-0.1, -0.05) is 5.75 Å². The second-order valence-electron chi connectivity index (χ2n) is 5.87. The van der Waals surface area contributed by atoms with Crippen molar-refractivity contribution in [1.82, 2.24) is 15.8 Å². The lowest BCUT2D eigenvalue weighted by Gasteiger charge is -2.08. The van der Waals surface area contributed by atoms with Gasteiger partial charge in [0.15, 0.2) is 11.5 Å². The van der Waals surface area contributed by atoms with Crippen molar-refractivity contribution in [3.63, 3.8) is 0 Å². The Morgan fingerprint density at radius 2 is 2.17 bits per heavy atom. The van der Waals surface area contributed by atoms with E-state index >= 15 is 0 Å². The number of amidine groups is 1. The van der Waals surface area contributed by atoms with E-state index in [1.54, 1.807) is 0 Å². The van der Waals surface area contributed by atoms with Crippen molar-refractivity contribution in [3.05, 3.63) is 34.2 Å². The third-order valence-electron chi connectivity index (χ3n) is 3.66. The van der Waals surface area contributed by atoms with Crippen molar-refractivity contribution in [3.8, 4) is 0 Å². The van der Waals surface area contributed by atoms with Gasteiger partial charge in [0.05, 0.1) is 15.4 Å². The van der Waals surface area contributed by atoms with E-state index in [9.17, 15) is 22.2 Å². The van der Waals surface area contributed by atoms with Crippen LogP contribution in [0.4, 0.5) is 15.9 Å². The van der Waals surface area contributed by atoms with Crippen LogP contribution in [-0.4, -0.2) is 47.3 Å². The summed E-state index contributed by atoms with van der Waals surface area (Å²) in [7, 11) is -5.61. The summed E-state index contributed by atoms with van der Waals surface area (Å²) >= 11 is 3.04. The summed E-state index contributed by atoms with van der Waals surface area (Å²) in [4.78, 5) is 4.10. The summed E-state index contributed by atoms with van der Waals surface area (Å²) in [6.07, 6.45) is 1.08. The number of aliphatic imine (C=N–C) groups is 1. The largest absolute Gasteiger partial charge is 0.443 e. The lowest BCUT2D eigenvalue weighted by molar-refractivity contribution is 0.234. The molecular weight excluding hydrogens is 495 g/mol. The molecule has 0 amide bonds. The monoisotopic (exact) mass is 509 g/mol. The SMILES string of the molecule is O=[S-](CCNc1nonc1C(=Nc1ccc(F)c(Br)c1)NO)=NS(=O)(=O)C1CC1. The molecule has 1 saturated carbocycles. The first-order valence-corrected chi connectivity index (χ1v) is 11.7. The highest BCUT2D eigenvalue weighted by Gasteiger charge is 2.33. The standard InChI is InChI=1S/C14H15BrFN6O5S2/c15-10-7-8(1-4-11(10)16)18-14(19-23)12-13(21-27-20-12)17-5-6-28(24)22-29(25,26)9-2-3-9/h1,4,7,9,23H,2-3,5-6H2,(H,17,21)(H,18,19)/q-1. The van der Waals surface area contributed by atoms with Crippen molar-refractivity contribution in [2.45, 2.75) is 18.1 Å². The molecule has 2 aromatic rings. The predicted molar refractivity (Wildman–Crippen MR) is 105 cm³/mol. The van der Waals surface area contributed by atoms with Crippen LogP contribution in [0.1, 0.15) is 18.5 Å².